The number of H-pyrrole nitrogens is 1. The van der Waals surface area contributed by atoms with Crippen LogP contribution >= 0.6 is 11.6 Å². The number of rotatable bonds is 6. The predicted octanol–water partition coefficient (Wildman–Crippen LogP) is 5.51. The van der Waals surface area contributed by atoms with Crippen molar-refractivity contribution in [3.63, 3.8) is 0 Å². The zero-order chi connectivity index (χ0) is 31.6. The molecule has 2 atom stereocenters. The molecule has 0 spiro atoms. The fourth-order valence-electron chi connectivity index (χ4n) is 7.13. The number of hydrogen-bond acceptors (Lipinski definition) is 8. The second kappa shape index (κ2) is 11.4. The number of hydrogen-bond donors (Lipinski definition) is 3. The van der Waals surface area contributed by atoms with E-state index in [1.807, 2.05) is 37.8 Å². The van der Waals surface area contributed by atoms with E-state index in [1.54, 1.807) is 6.07 Å². The highest BCUT2D eigenvalue weighted by molar-refractivity contribution is 6.35. The Labute approximate surface area is 266 Å². The van der Waals surface area contributed by atoms with Crippen molar-refractivity contribution < 1.29 is 9.18 Å². The third-order valence-electron chi connectivity index (χ3n) is 9.72. The topological polar surface area (TPSA) is 119 Å². The van der Waals surface area contributed by atoms with Crippen molar-refractivity contribution in [2.75, 3.05) is 42.1 Å². The number of anilines is 3. The Balaban J connectivity index is 1.35. The van der Waals surface area contributed by atoms with Crippen LogP contribution in [0.5, 0.6) is 0 Å². The summed E-state index contributed by atoms with van der Waals surface area (Å²) >= 11 is 6.96. The van der Waals surface area contributed by atoms with E-state index in [9.17, 15) is 4.79 Å². The molecule has 1 saturated carbocycles. The van der Waals surface area contributed by atoms with E-state index in [2.05, 4.69) is 31.9 Å². The number of nitrogen functional groups attached to an aromatic ring is 1. The van der Waals surface area contributed by atoms with Crippen LogP contribution in [0.25, 0.3) is 32.9 Å². The van der Waals surface area contributed by atoms with Crippen LogP contribution in [0.1, 0.15) is 45.1 Å². The van der Waals surface area contributed by atoms with Crippen LogP contribution in [0.4, 0.5) is 22.0 Å². The van der Waals surface area contributed by atoms with Crippen LogP contribution in [0.15, 0.2) is 30.9 Å². The Kier molecular flexibility index (Phi) is 7.56. The Morgan fingerprint density at radius 1 is 1.13 bits per heavy atom. The predicted molar refractivity (Wildman–Crippen MR) is 178 cm³/mol. The van der Waals surface area contributed by atoms with Gasteiger partial charge in [0.1, 0.15) is 11.3 Å². The molecule has 3 fully saturated rings. The summed E-state index contributed by atoms with van der Waals surface area (Å²) in [5, 5.41) is 12.0. The van der Waals surface area contributed by atoms with Crippen molar-refractivity contribution in [1.82, 2.24) is 30.0 Å². The lowest BCUT2D eigenvalue weighted by Gasteiger charge is -2.44. The van der Waals surface area contributed by atoms with Gasteiger partial charge in [-0.1, -0.05) is 24.2 Å². The number of amides is 1. The third kappa shape index (κ3) is 5.25. The molecule has 0 unspecified atom stereocenters. The van der Waals surface area contributed by atoms with Gasteiger partial charge in [-0.2, -0.15) is 10.1 Å². The molecule has 12 heteroatoms. The maximum absolute atomic E-state index is 17.0. The molecule has 236 valence electrons. The number of piperidine rings is 1. The fraction of sp³-hybridized carbons (Fsp3) is 0.455. The lowest BCUT2D eigenvalue weighted by molar-refractivity contribution is -0.128. The Morgan fingerprint density at radius 3 is 2.60 bits per heavy atom. The summed E-state index contributed by atoms with van der Waals surface area (Å²) in [6.07, 6.45) is 5.87. The van der Waals surface area contributed by atoms with E-state index in [-0.39, 0.29) is 46.0 Å². The largest absolute Gasteiger partial charge is 0.382 e. The molecule has 4 N–H and O–H groups in total. The van der Waals surface area contributed by atoms with Crippen LogP contribution in [-0.2, 0) is 4.79 Å². The van der Waals surface area contributed by atoms with Crippen molar-refractivity contribution in [2.45, 2.75) is 70.6 Å². The quantitative estimate of drug-likeness (QED) is 0.239. The molecule has 2 saturated heterocycles. The molecule has 2 aromatic carbocycles. The molecule has 2 aromatic heterocycles. The van der Waals surface area contributed by atoms with Gasteiger partial charge in [0, 0.05) is 66.9 Å². The summed E-state index contributed by atoms with van der Waals surface area (Å²) < 4.78 is 17.0. The fourth-order valence-corrected chi connectivity index (χ4v) is 7.42. The van der Waals surface area contributed by atoms with Gasteiger partial charge in [0.05, 0.1) is 15.9 Å². The highest BCUT2D eigenvalue weighted by Gasteiger charge is 2.35. The molecule has 4 aromatic rings. The molecule has 7 rings (SSSR count). The average Bonchev–Trinajstić information content (AvgIpc) is 3.81. The summed E-state index contributed by atoms with van der Waals surface area (Å²) in [6.45, 7) is 12.7. The number of nitrogens with zero attached hydrogens (tertiary/aromatic N) is 6. The minimum Gasteiger partial charge on any atom is -0.382 e. The number of aromatic nitrogens is 4. The number of halogens is 2. The first-order valence-electron chi connectivity index (χ1n) is 15.8. The Hall–Kier alpha value is -3.96. The molecule has 3 aliphatic rings. The number of benzene rings is 2. The van der Waals surface area contributed by atoms with E-state index in [0.717, 1.165) is 37.5 Å². The van der Waals surface area contributed by atoms with Crippen molar-refractivity contribution in [2.24, 2.45) is 0 Å². The van der Waals surface area contributed by atoms with E-state index in [0.29, 0.717) is 46.7 Å². The smallest absolute Gasteiger partial charge is 0.246 e. The zero-order valence-electron chi connectivity index (χ0n) is 25.9. The van der Waals surface area contributed by atoms with Gasteiger partial charge in [-0.3, -0.25) is 9.89 Å². The van der Waals surface area contributed by atoms with Crippen LogP contribution in [0.2, 0.25) is 5.02 Å². The summed E-state index contributed by atoms with van der Waals surface area (Å²) in [6, 6.07) is 6.24. The minimum atomic E-state index is -0.537. The number of aryl methyl sites for hydroxylation is 1. The summed E-state index contributed by atoms with van der Waals surface area (Å²) in [5.41, 5.74) is 8.77. The van der Waals surface area contributed by atoms with E-state index >= 15 is 4.39 Å². The first-order valence-corrected chi connectivity index (χ1v) is 16.2. The average molecular weight is 632 g/mol. The Morgan fingerprint density at radius 2 is 1.89 bits per heavy atom. The lowest BCUT2D eigenvalue weighted by Crippen LogP contribution is -2.58. The molecular weight excluding hydrogens is 593 g/mol. The Bertz CT molecular complexity index is 1810. The molecule has 0 radical (unpaired) electrons. The number of carbonyl (C=O) groups is 1. The maximum Gasteiger partial charge on any atom is 0.246 e. The van der Waals surface area contributed by atoms with E-state index in [1.165, 1.54) is 18.9 Å². The standard InChI is InChI=1S/C33H39ClFN9O/c1-5-25(45)43-15-19(4)44(16-18(43)3)32-22-14-23(34)27(26-17(2)6-9-24-28(26)31(36)41-40-24)29(35)30(22)38-33(39-32)37-20-10-12-42(13-11-20)21-7-8-21/h5-6,9,14,18-21H,1,7-8,10-13,15-16H2,2-4H3,(H3,36,40,41)(H,37,38,39)/t18-,19+/m1/s1. The summed E-state index contributed by atoms with van der Waals surface area (Å²) in [5.74, 6) is 0.607. The number of likely N-dealkylation sites (tertiary alicyclic amines) is 1. The number of aromatic amines is 1. The second-order valence-corrected chi connectivity index (χ2v) is 13.2. The normalized spacial score (nSPS) is 21.5. The summed E-state index contributed by atoms with van der Waals surface area (Å²) in [4.78, 5) is 28.9. The van der Waals surface area contributed by atoms with Crippen LogP contribution in [0.3, 0.4) is 0 Å². The van der Waals surface area contributed by atoms with Crippen molar-refractivity contribution in [3.05, 3.63) is 47.3 Å². The van der Waals surface area contributed by atoms with Crippen LogP contribution < -0.4 is 16.0 Å². The zero-order valence-corrected chi connectivity index (χ0v) is 26.7. The minimum absolute atomic E-state index is 0.0962. The molecule has 45 heavy (non-hydrogen) atoms. The van der Waals surface area contributed by atoms with Gasteiger partial charge in [0.25, 0.3) is 0 Å². The van der Waals surface area contributed by atoms with Crippen LogP contribution in [-0.4, -0.2) is 86.2 Å². The number of nitrogens with one attached hydrogen (secondary N) is 2. The molecule has 4 heterocycles. The number of fused-ring (bicyclic) bond motifs is 2. The third-order valence-corrected chi connectivity index (χ3v) is 10.0. The van der Waals surface area contributed by atoms with Gasteiger partial charge >= 0.3 is 0 Å². The SMILES string of the molecule is C=CC(=O)N1C[C@H](C)N(c2nc(NC3CCN(C4CC4)CC3)nc3c(F)c(-c4c(C)ccc5[nH]nc(N)c45)c(Cl)cc23)C[C@H]1C. The molecule has 1 aliphatic carbocycles. The highest BCUT2D eigenvalue weighted by atomic mass is 35.5. The van der Waals surface area contributed by atoms with Crippen molar-refractivity contribution in [3.8, 4) is 11.1 Å². The number of carbonyl (C=O) groups excluding carboxylic acids is 1. The monoisotopic (exact) mass is 631 g/mol. The first-order chi connectivity index (χ1) is 21.6. The molecular formula is C33H39ClFN9O. The molecule has 0 bridgehead atoms. The molecule has 10 nitrogen and oxygen atoms in total. The van der Waals surface area contributed by atoms with Gasteiger partial charge in [0.15, 0.2) is 11.6 Å². The van der Waals surface area contributed by atoms with Gasteiger partial charge in [0.2, 0.25) is 11.9 Å². The van der Waals surface area contributed by atoms with Gasteiger partial charge in [-0.25, -0.2) is 9.37 Å². The first kappa shape index (κ1) is 29.7. The second-order valence-electron chi connectivity index (χ2n) is 12.8. The van der Waals surface area contributed by atoms with Crippen molar-refractivity contribution >= 4 is 56.9 Å². The van der Waals surface area contributed by atoms with E-state index in [4.69, 9.17) is 27.3 Å². The van der Waals surface area contributed by atoms with Crippen molar-refractivity contribution in [1.29, 1.82) is 0 Å². The highest BCUT2D eigenvalue weighted by Crippen LogP contribution is 2.44. The van der Waals surface area contributed by atoms with Gasteiger partial charge in [-0.05, 0) is 70.2 Å². The number of piperazine rings is 1. The van der Waals surface area contributed by atoms with E-state index < -0.39 is 5.82 Å². The van der Waals surface area contributed by atoms with Crippen LogP contribution in [0, 0.1) is 12.7 Å². The molecule has 2 aliphatic heterocycles. The number of nitrogens with two attached hydrogens (primary N) is 1. The lowest BCUT2D eigenvalue weighted by atomic mass is 9.94. The molecule has 1 amide bonds. The van der Waals surface area contributed by atoms with Gasteiger partial charge in [-0.15, -0.1) is 0 Å². The van der Waals surface area contributed by atoms with Gasteiger partial charge < -0.3 is 25.8 Å². The maximum atomic E-state index is 17.0. The summed E-state index contributed by atoms with van der Waals surface area (Å²) in [7, 11) is 0.